The molecule has 0 aliphatic carbocycles. The molecule has 0 spiro atoms. The van der Waals surface area contributed by atoms with Crippen molar-refractivity contribution in [3.63, 3.8) is 0 Å². The largest absolute Gasteiger partial charge is 0.397 e. The monoisotopic (exact) mass is 320 g/mol. The molecule has 0 aliphatic rings. The molecule has 0 aliphatic heterocycles. The van der Waals surface area contributed by atoms with Crippen molar-refractivity contribution < 1.29 is 4.79 Å². The number of nitrogens with one attached hydrogen (secondary N) is 1. The number of amides is 1. The molecule has 2 aromatic rings. The molecule has 1 amide bonds. The van der Waals surface area contributed by atoms with Gasteiger partial charge in [0.2, 0.25) is 5.91 Å². The first-order valence-corrected chi connectivity index (χ1v) is 8.04. The molecule has 2 aromatic carbocycles. The molecule has 0 bridgehead atoms. The second-order valence-electron chi connectivity index (χ2n) is 4.54. The van der Waals surface area contributed by atoms with Crippen LogP contribution in [0.25, 0.3) is 0 Å². The summed E-state index contributed by atoms with van der Waals surface area (Å²) in [6.07, 6.45) is 1.28. The van der Waals surface area contributed by atoms with Crippen LogP contribution in [0.1, 0.15) is 12.8 Å². The Morgan fingerprint density at radius 1 is 1.19 bits per heavy atom. The number of thioether (sulfide) groups is 1. The van der Waals surface area contributed by atoms with Gasteiger partial charge in [-0.25, -0.2) is 0 Å². The molecule has 5 heteroatoms. The highest BCUT2D eigenvalue weighted by molar-refractivity contribution is 7.99. The summed E-state index contributed by atoms with van der Waals surface area (Å²) in [5, 5.41) is 3.56. The molecular weight excluding hydrogens is 304 g/mol. The van der Waals surface area contributed by atoms with Crippen molar-refractivity contribution in [2.75, 3.05) is 16.8 Å². The first kappa shape index (κ1) is 15.7. The maximum absolute atomic E-state index is 11.8. The number of hydrogen-bond donors (Lipinski definition) is 2. The fraction of sp³-hybridized carbons (Fsp3) is 0.188. The van der Waals surface area contributed by atoms with Crippen LogP contribution in [0.4, 0.5) is 11.4 Å². The Labute approximate surface area is 133 Å². The minimum atomic E-state index is -0.0143. The van der Waals surface area contributed by atoms with E-state index in [0.29, 0.717) is 17.8 Å². The van der Waals surface area contributed by atoms with E-state index in [2.05, 4.69) is 5.32 Å². The van der Waals surface area contributed by atoms with E-state index >= 15 is 0 Å². The van der Waals surface area contributed by atoms with Crippen molar-refractivity contribution in [1.29, 1.82) is 0 Å². The molecule has 0 heterocycles. The highest BCUT2D eigenvalue weighted by Gasteiger charge is 2.04. The summed E-state index contributed by atoms with van der Waals surface area (Å²) >= 11 is 7.62. The SMILES string of the molecule is Nc1ccccc1NC(=O)CCCSc1cccc(Cl)c1. The molecule has 0 saturated carbocycles. The fourth-order valence-corrected chi connectivity index (χ4v) is 2.97. The molecule has 3 N–H and O–H groups in total. The number of nitrogen functional groups attached to an aromatic ring is 1. The zero-order valence-electron chi connectivity index (χ0n) is 11.5. The van der Waals surface area contributed by atoms with E-state index in [-0.39, 0.29) is 5.91 Å². The molecule has 0 unspecified atom stereocenters. The van der Waals surface area contributed by atoms with Gasteiger partial charge in [-0.3, -0.25) is 4.79 Å². The molecule has 0 radical (unpaired) electrons. The van der Waals surface area contributed by atoms with Gasteiger partial charge in [-0.1, -0.05) is 29.8 Å². The lowest BCUT2D eigenvalue weighted by Gasteiger charge is -2.07. The Bertz CT molecular complexity index is 619. The number of hydrogen-bond acceptors (Lipinski definition) is 3. The van der Waals surface area contributed by atoms with Crippen molar-refractivity contribution in [1.82, 2.24) is 0 Å². The van der Waals surface area contributed by atoms with Gasteiger partial charge in [-0.05, 0) is 42.5 Å². The van der Waals surface area contributed by atoms with Crippen molar-refractivity contribution in [3.05, 3.63) is 53.6 Å². The van der Waals surface area contributed by atoms with E-state index in [9.17, 15) is 4.79 Å². The molecule has 0 fully saturated rings. The van der Waals surface area contributed by atoms with Gasteiger partial charge >= 0.3 is 0 Å². The number of benzene rings is 2. The summed E-state index contributed by atoms with van der Waals surface area (Å²) in [7, 11) is 0. The number of para-hydroxylation sites is 2. The number of halogens is 1. The van der Waals surface area contributed by atoms with Gasteiger partial charge in [-0.2, -0.15) is 0 Å². The summed E-state index contributed by atoms with van der Waals surface area (Å²) in [6, 6.07) is 15.0. The Kier molecular flexibility index (Phi) is 5.96. The zero-order chi connectivity index (χ0) is 15.1. The van der Waals surface area contributed by atoms with E-state index in [1.165, 1.54) is 0 Å². The second-order valence-corrected chi connectivity index (χ2v) is 6.15. The van der Waals surface area contributed by atoms with Gasteiger partial charge in [0.05, 0.1) is 11.4 Å². The Morgan fingerprint density at radius 3 is 2.76 bits per heavy atom. The average molecular weight is 321 g/mol. The predicted octanol–water partition coefficient (Wildman–Crippen LogP) is 4.43. The summed E-state index contributed by atoms with van der Waals surface area (Å²) in [5.74, 6) is 0.859. The third-order valence-electron chi connectivity index (χ3n) is 2.85. The third kappa shape index (κ3) is 5.33. The van der Waals surface area contributed by atoms with Crippen molar-refractivity contribution in [3.8, 4) is 0 Å². The first-order valence-electron chi connectivity index (χ1n) is 6.68. The van der Waals surface area contributed by atoms with Gasteiger partial charge in [-0.15, -0.1) is 11.8 Å². The van der Waals surface area contributed by atoms with Crippen LogP contribution in [-0.2, 0) is 4.79 Å². The lowest BCUT2D eigenvalue weighted by atomic mass is 10.2. The highest BCUT2D eigenvalue weighted by Crippen LogP contribution is 2.23. The summed E-state index contributed by atoms with van der Waals surface area (Å²) in [6.45, 7) is 0. The summed E-state index contributed by atoms with van der Waals surface area (Å²) in [5.41, 5.74) is 7.04. The van der Waals surface area contributed by atoms with Gasteiger partial charge in [0.15, 0.2) is 0 Å². The fourth-order valence-electron chi connectivity index (χ4n) is 1.80. The summed E-state index contributed by atoms with van der Waals surface area (Å²) < 4.78 is 0. The molecule has 21 heavy (non-hydrogen) atoms. The predicted molar refractivity (Wildman–Crippen MR) is 90.9 cm³/mol. The van der Waals surface area contributed by atoms with Gasteiger partial charge < -0.3 is 11.1 Å². The van der Waals surface area contributed by atoms with Crippen LogP contribution in [0.3, 0.4) is 0 Å². The number of nitrogens with two attached hydrogens (primary N) is 1. The smallest absolute Gasteiger partial charge is 0.224 e. The lowest BCUT2D eigenvalue weighted by molar-refractivity contribution is -0.116. The van der Waals surface area contributed by atoms with Crippen molar-refractivity contribution in [2.45, 2.75) is 17.7 Å². The topological polar surface area (TPSA) is 55.1 Å². The number of carbonyl (C=O) groups excluding carboxylic acids is 1. The van der Waals surface area contributed by atoms with E-state index in [1.807, 2.05) is 36.4 Å². The van der Waals surface area contributed by atoms with Crippen LogP contribution in [0, 0.1) is 0 Å². The second kappa shape index (κ2) is 7.96. The Hall–Kier alpha value is -1.65. The Balaban J connectivity index is 1.71. The van der Waals surface area contributed by atoms with Crippen LogP contribution in [0.15, 0.2) is 53.4 Å². The van der Waals surface area contributed by atoms with Crippen LogP contribution in [0.2, 0.25) is 5.02 Å². The van der Waals surface area contributed by atoms with Crippen molar-refractivity contribution >= 4 is 40.6 Å². The van der Waals surface area contributed by atoms with Gasteiger partial charge in [0, 0.05) is 16.3 Å². The molecule has 0 atom stereocenters. The van der Waals surface area contributed by atoms with Gasteiger partial charge in [0.1, 0.15) is 0 Å². The molecule has 2 rings (SSSR count). The zero-order valence-corrected chi connectivity index (χ0v) is 13.1. The standard InChI is InChI=1S/C16H17ClN2OS/c17-12-5-3-6-13(11-12)21-10-4-9-16(20)19-15-8-2-1-7-14(15)18/h1-3,5-8,11H,4,9-10,18H2,(H,19,20). The minimum Gasteiger partial charge on any atom is -0.397 e. The summed E-state index contributed by atoms with van der Waals surface area (Å²) in [4.78, 5) is 13.0. The van der Waals surface area contributed by atoms with E-state index in [1.54, 1.807) is 23.9 Å². The Morgan fingerprint density at radius 2 is 2.00 bits per heavy atom. The van der Waals surface area contributed by atoms with Crippen LogP contribution in [-0.4, -0.2) is 11.7 Å². The molecule has 0 saturated heterocycles. The van der Waals surface area contributed by atoms with E-state index in [4.69, 9.17) is 17.3 Å². The lowest BCUT2D eigenvalue weighted by Crippen LogP contribution is -2.12. The minimum absolute atomic E-state index is 0.0143. The molecule has 0 aromatic heterocycles. The highest BCUT2D eigenvalue weighted by atomic mass is 35.5. The van der Waals surface area contributed by atoms with E-state index in [0.717, 1.165) is 22.1 Å². The number of rotatable bonds is 6. The molecule has 110 valence electrons. The maximum atomic E-state index is 11.8. The molecular formula is C16H17ClN2OS. The normalized spacial score (nSPS) is 10.3. The van der Waals surface area contributed by atoms with Gasteiger partial charge in [0.25, 0.3) is 0 Å². The first-order chi connectivity index (χ1) is 10.1. The molecule has 3 nitrogen and oxygen atoms in total. The average Bonchev–Trinajstić information content (AvgIpc) is 2.46. The quantitative estimate of drug-likeness (QED) is 0.470. The van der Waals surface area contributed by atoms with E-state index < -0.39 is 0 Å². The number of anilines is 2. The number of carbonyl (C=O) groups is 1. The maximum Gasteiger partial charge on any atom is 0.224 e. The third-order valence-corrected chi connectivity index (χ3v) is 4.16. The van der Waals surface area contributed by atoms with Crippen LogP contribution >= 0.6 is 23.4 Å². The van der Waals surface area contributed by atoms with Crippen molar-refractivity contribution in [2.24, 2.45) is 0 Å². The van der Waals surface area contributed by atoms with Crippen LogP contribution in [0.5, 0.6) is 0 Å². The van der Waals surface area contributed by atoms with Crippen LogP contribution < -0.4 is 11.1 Å².